The van der Waals surface area contributed by atoms with E-state index >= 15 is 0 Å². The highest BCUT2D eigenvalue weighted by Crippen LogP contribution is 2.54. The number of para-hydroxylation sites is 3. The molecular weight excluding hydrogens is 539 g/mol. The number of ether oxygens (including phenoxy) is 2. The summed E-state index contributed by atoms with van der Waals surface area (Å²) in [7, 11) is -1.94. The summed E-state index contributed by atoms with van der Waals surface area (Å²) in [4.78, 5) is 5.04. The van der Waals surface area contributed by atoms with Gasteiger partial charge in [-0.1, -0.05) is 110 Å². The number of fused-ring (bicyclic) bond motifs is 5. The summed E-state index contributed by atoms with van der Waals surface area (Å²) in [5.74, 6) is 2.88. The molecule has 2 aliphatic rings. The van der Waals surface area contributed by atoms with E-state index in [4.69, 9.17) is 9.47 Å². The van der Waals surface area contributed by atoms with Crippen molar-refractivity contribution < 1.29 is 9.47 Å². The van der Waals surface area contributed by atoms with Crippen LogP contribution in [-0.2, 0) is 0 Å². The molecule has 0 saturated heterocycles. The summed E-state index contributed by atoms with van der Waals surface area (Å²) in [5.41, 5.74) is 3.20. The molecule has 5 heteroatoms. The molecule has 0 amide bonds. The molecule has 0 fully saturated rings. The van der Waals surface area contributed by atoms with E-state index in [-0.39, 0.29) is 0 Å². The number of hydrogen-bond acceptors (Lipinski definition) is 4. The second-order valence-electron chi connectivity index (χ2n) is 11.0. The predicted octanol–water partition coefficient (Wildman–Crippen LogP) is 9.49. The summed E-state index contributed by atoms with van der Waals surface area (Å²) in [5, 5.41) is 5.33. The Morgan fingerprint density at radius 2 is 1.15 bits per heavy atom. The van der Waals surface area contributed by atoms with Crippen molar-refractivity contribution >= 4 is 58.0 Å². The van der Waals surface area contributed by atoms with Crippen molar-refractivity contribution in [1.29, 1.82) is 0 Å². The summed E-state index contributed by atoms with van der Waals surface area (Å²) in [6.45, 7) is 4.93. The van der Waals surface area contributed by atoms with Crippen molar-refractivity contribution in [2.75, 3.05) is 4.90 Å². The van der Waals surface area contributed by atoms with E-state index in [1.165, 1.54) is 30.9 Å². The number of benzene rings is 6. The highest BCUT2D eigenvalue weighted by atomic mass is 32.2. The van der Waals surface area contributed by atoms with Gasteiger partial charge in [-0.3, -0.25) is 0 Å². The van der Waals surface area contributed by atoms with Crippen LogP contribution in [0.25, 0.3) is 10.8 Å². The molecule has 2 heterocycles. The molecule has 3 nitrogen and oxygen atoms in total. The summed E-state index contributed by atoms with van der Waals surface area (Å²) in [6, 6.07) is 44.9. The van der Waals surface area contributed by atoms with Crippen molar-refractivity contribution in [2.45, 2.75) is 22.9 Å². The Balaban J connectivity index is 1.41. The maximum absolute atomic E-state index is 6.62. The zero-order chi connectivity index (χ0) is 27.6. The van der Waals surface area contributed by atoms with Crippen molar-refractivity contribution in [3.8, 4) is 23.0 Å². The van der Waals surface area contributed by atoms with Crippen LogP contribution < -0.4 is 24.7 Å². The summed E-state index contributed by atoms with van der Waals surface area (Å²) < 4.78 is 13.0. The molecule has 0 bridgehead atoms. The standard InChI is InChI=1S/C36H27NO2SSi/c1-41(2)33-22-8-7-21-32(33)40-36-28(17-11-23-34(36)41)37(26-15-9-13-24-12-3-4-14-25(24)26)27-16-10-20-31-35(27)39-30-19-6-5-18-29(30)38-31/h3-23H,1-2H3. The second-order valence-corrected chi connectivity index (χ2v) is 16.3. The molecule has 0 spiro atoms. The molecule has 0 aliphatic carbocycles. The van der Waals surface area contributed by atoms with Crippen LogP contribution in [0.5, 0.6) is 23.0 Å². The van der Waals surface area contributed by atoms with Crippen LogP contribution in [0, 0.1) is 0 Å². The van der Waals surface area contributed by atoms with Gasteiger partial charge < -0.3 is 14.4 Å². The fraction of sp³-hybridized carbons (Fsp3) is 0.0556. The predicted molar refractivity (Wildman–Crippen MR) is 173 cm³/mol. The van der Waals surface area contributed by atoms with E-state index in [9.17, 15) is 0 Å². The van der Waals surface area contributed by atoms with Crippen molar-refractivity contribution in [3.05, 3.63) is 127 Å². The van der Waals surface area contributed by atoms with Crippen molar-refractivity contribution in [2.24, 2.45) is 0 Å². The van der Waals surface area contributed by atoms with Gasteiger partial charge in [0.2, 0.25) is 0 Å². The first-order valence-electron chi connectivity index (χ1n) is 13.9. The summed E-state index contributed by atoms with van der Waals surface area (Å²) in [6.07, 6.45) is 0. The Bertz CT molecular complexity index is 1980. The molecule has 0 atom stereocenters. The molecule has 0 N–H and O–H groups in total. The third-order valence-corrected chi connectivity index (χ3v) is 13.3. The average molecular weight is 566 g/mol. The van der Waals surface area contributed by atoms with Gasteiger partial charge in [0.15, 0.2) is 23.0 Å². The minimum absolute atomic E-state index is 0.712. The Morgan fingerprint density at radius 1 is 0.537 bits per heavy atom. The number of nitrogens with zero attached hydrogens (tertiary/aromatic N) is 1. The zero-order valence-corrected chi connectivity index (χ0v) is 24.6. The first-order valence-corrected chi connectivity index (χ1v) is 17.7. The molecule has 0 saturated carbocycles. The maximum atomic E-state index is 6.62. The molecule has 2 aliphatic heterocycles. The van der Waals surface area contributed by atoms with Gasteiger partial charge in [-0.05, 0) is 58.2 Å². The van der Waals surface area contributed by atoms with Gasteiger partial charge in [-0.25, -0.2) is 0 Å². The lowest BCUT2D eigenvalue weighted by Crippen LogP contribution is -2.56. The van der Waals surface area contributed by atoms with Crippen molar-refractivity contribution in [3.63, 3.8) is 0 Å². The normalized spacial score (nSPS) is 14.1. The van der Waals surface area contributed by atoms with E-state index < -0.39 is 8.07 Å². The molecular formula is C36H27NO2SSi. The Hall–Kier alpha value is -4.45. The van der Waals surface area contributed by atoms with Crippen LogP contribution >= 0.6 is 11.8 Å². The van der Waals surface area contributed by atoms with Gasteiger partial charge in [-0.2, -0.15) is 0 Å². The second kappa shape index (κ2) is 9.30. The molecule has 0 unspecified atom stereocenters. The Kier molecular flexibility index (Phi) is 5.52. The van der Waals surface area contributed by atoms with E-state index in [2.05, 4.69) is 115 Å². The molecule has 8 rings (SSSR count). The highest BCUT2D eigenvalue weighted by Gasteiger charge is 2.37. The fourth-order valence-electron chi connectivity index (χ4n) is 6.13. The van der Waals surface area contributed by atoms with E-state index in [1.807, 2.05) is 42.1 Å². The molecule has 0 aromatic heterocycles. The van der Waals surface area contributed by atoms with Crippen LogP contribution in [0.4, 0.5) is 17.1 Å². The quantitative estimate of drug-likeness (QED) is 0.199. The van der Waals surface area contributed by atoms with Crippen molar-refractivity contribution in [1.82, 2.24) is 0 Å². The molecule has 0 radical (unpaired) electrons. The minimum Gasteiger partial charge on any atom is -0.449 e. The van der Waals surface area contributed by atoms with Crippen LogP contribution in [0.3, 0.4) is 0 Å². The van der Waals surface area contributed by atoms with Crippen LogP contribution in [0.1, 0.15) is 0 Å². The van der Waals surface area contributed by atoms with E-state index in [0.717, 1.165) is 34.3 Å². The first kappa shape index (κ1) is 24.4. The number of hydrogen-bond donors (Lipinski definition) is 0. The third-order valence-electron chi connectivity index (χ3n) is 8.17. The highest BCUT2D eigenvalue weighted by molar-refractivity contribution is 8.00. The van der Waals surface area contributed by atoms with Crippen LogP contribution in [-0.4, -0.2) is 8.07 Å². The van der Waals surface area contributed by atoms with E-state index in [1.54, 1.807) is 0 Å². The molecule has 41 heavy (non-hydrogen) atoms. The minimum atomic E-state index is -1.94. The lowest BCUT2D eigenvalue weighted by atomic mass is 10.1. The summed E-state index contributed by atoms with van der Waals surface area (Å²) >= 11 is 1.88. The first-order chi connectivity index (χ1) is 20.1. The van der Waals surface area contributed by atoms with Gasteiger partial charge in [0.1, 0.15) is 8.07 Å². The lowest BCUT2D eigenvalue weighted by molar-refractivity contribution is 0.360. The van der Waals surface area contributed by atoms with Crippen LogP contribution in [0.15, 0.2) is 137 Å². The zero-order valence-electron chi connectivity index (χ0n) is 22.8. The van der Waals surface area contributed by atoms with Gasteiger partial charge >= 0.3 is 0 Å². The molecule has 6 aromatic carbocycles. The third kappa shape index (κ3) is 3.80. The molecule has 198 valence electrons. The Labute approximate surface area is 245 Å². The lowest BCUT2D eigenvalue weighted by Gasteiger charge is -2.37. The van der Waals surface area contributed by atoms with Crippen LogP contribution in [0.2, 0.25) is 13.1 Å². The largest absolute Gasteiger partial charge is 0.449 e. The van der Waals surface area contributed by atoms with E-state index in [0.29, 0.717) is 5.75 Å². The maximum Gasteiger partial charge on any atom is 0.194 e. The van der Waals surface area contributed by atoms with Gasteiger partial charge in [0.25, 0.3) is 0 Å². The van der Waals surface area contributed by atoms with Gasteiger partial charge in [0.05, 0.1) is 17.1 Å². The van der Waals surface area contributed by atoms with Gasteiger partial charge in [0, 0.05) is 15.2 Å². The SMILES string of the molecule is C[Si]1(C)c2ccccc2Sc2c(N(c3cccc4c3Oc3ccccc3O4)c3cccc4ccccc34)cccc21. The topological polar surface area (TPSA) is 21.7 Å². The Morgan fingerprint density at radius 3 is 2.05 bits per heavy atom. The number of anilines is 3. The average Bonchev–Trinajstić information content (AvgIpc) is 3.01. The monoisotopic (exact) mass is 565 g/mol. The smallest absolute Gasteiger partial charge is 0.194 e. The van der Waals surface area contributed by atoms with Gasteiger partial charge in [-0.15, -0.1) is 0 Å². The fourth-order valence-corrected chi connectivity index (χ4v) is 11.7. The molecule has 6 aromatic rings. The number of rotatable bonds is 3.